The molecule has 0 radical (unpaired) electrons. The number of benzene rings is 2. The molecule has 1 amide bonds. The Kier molecular flexibility index (Phi) is 6.12. The molecule has 4 rings (SSSR count). The minimum Gasteiger partial charge on any atom is -0.339 e. The van der Waals surface area contributed by atoms with Gasteiger partial charge in [-0.3, -0.25) is 4.79 Å². The number of rotatable bonds is 3. The van der Waals surface area contributed by atoms with E-state index in [0.29, 0.717) is 13.1 Å². The Labute approximate surface area is 191 Å². The van der Waals surface area contributed by atoms with Crippen LogP contribution in [0.25, 0.3) is 6.08 Å². The minimum absolute atomic E-state index is 0.00726. The molecule has 1 heterocycles. The van der Waals surface area contributed by atoms with Crippen LogP contribution in [0.15, 0.2) is 48.5 Å². The highest BCUT2D eigenvalue weighted by molar-refractivity contribution is 6.31. The van der Waals surface area contributed by atoms with E-state index in [4.69, 9.17) is 11.6 Å². The number of likely N-dealkylation sites (tertiary alicyclic amines) is 1. The molecule has 7 heteroatoms. The molecule has 1 aliphatic heterocycles. The summed E-state index contributed by atoms with van der Waals surface area (Å²) in [5.41, 5.74) is 1.63. The first-order valence-electron chi connectivity index (χ1n) is 10.7. The van der Waals surface area contributed by atoms with Gasteiger partial charge in [0, 0.05) is 35.6 Å². The molecule has 2 aromatic carbocycles. The van der Waals surface area contributed by atoms with E-state index in [1.54, 1.807) is 4.90 Å². The van der Waals surface area contributed by atoms with Crippen LogP contribution in [0, 0.1) is 0 Å². The molecule has 1 unspecified atom stereocenters. The number of hydrogen-bond donors (Lipinski definition) is 0. The van der Waals surface area contributed by atoms with Gasteiger partial charge in [0.05, 0.1) is 5.56 Å². The SMILES string of the molecule is CN(C)C1CC2(CCN(C(=O)/C=C/c3ccccc3C(F)(F)F)CC2)c2c(Cl)cccc21. The van der Waals surface area contributed by atoms with Crippen molar-refractivity contribution in [2.75, 3.05) is 27.2 Å². The molecular weight excluding hydrogens is 437 g/mol. The van der Waals surface area contributed by atoms with Crippen LogP contribution in [0.5, 0.6) is 0 Å². The average Bonchev–Trinajstić information content (AvgIpc) is 3.07. The molecule has 1 atom stereocenters. The maximum Gasteiger partial charge on any atom is 0.416 e. The summed E-state index contributed by atoms with van der Waals surface area (Å²) in [6, 6.07) is 11.6. The van der Waals surface area contributed by atoms with Crippen LogP contribution in [0.2, 0.25) is 5.02 Å². The van der Waals surface area contributed by atoms with Crippen molar-refractivity contribution in [3.63, 3.8) is 0 Å². The number of amides is 1. The van der Waals surface area contributed by atoms with Gasteiger partial charge in [0.2, 0.25) is 5.91 Å². The smallest absolute Gasteiger partial charge is 0.339 e. The molecule has 32 heavy (non-hydrogen) atoms. The number of fused-ring (bicyclic) bond motifs is 2. The van der Waals surface area contributed by atoms with E-state index in [9.17, 15) is 18.0 Å². The third kappa shape index (κ3) is 4.18. The Morgan fingerprint density at radius 1 is 1.12 bits per heavy atom. The normalized spacial score (nSPS) is 20.3. The van der Waals surface area contributed by atoms with E-state index in [1.807, 2.05) is 12.1 Å². The van der Waals surface area contributed by atoms with Gasteiger partial charge in [-0.15, -0.1) is 0 Å². The van der Waals surface area contributed by atoms with Crippen molar-refractivity contribution in [2.24, 2.45) is 0 Å². The number of alkyl halides is 3. The molecule has 1 fully saturated rings. The van der Waals surface area contributed by atoms with Gasteiger partial charge in [0.15, 0.2) is 0 Å². The number of piperidine rings is 1. The fraction of sp³-hybridized carbons (Fsp3) is 0.400. The second kappa shape index (κ2) is 8.56. The lowest BCUT2D eigenvalue weighted by molar-refractivity contribution is -0.137. The zero-order valence-electron chi connectivity index (χ0n) is 18.1. The Balaban J connectivity index is 1.50. The van der Waals surface area contributed by atoms with E-state index < -0.39 is 11.7 Å². The molecule has 0 bridgehead atoms. The molecule has 1 saturated heterocycles. The summed E-state index contributed by atoms with van der Waals surface area (Å²) in [6.07, 6.45) is 0.579. The number of halogens is 4. The summed E-state index contributed by atoms with van der Waals surface area (Å²) >= 11 is 6.63. The highest BCUT2D eigenvalue weighted by Gasteiger charge is 2.47. The van der Waals surface area contributed by atoms with Gasteiger partial charge in [0.1, 0.15) is 0 Å². The third-order valence-electron chi connectivity index (χ3n) is 6.85. The summed E-state index contributed by atoms with van der Waals surface area (Å²) in [5.74, 6) is -0.265. The summed E-state index contributed by atoms with van der Waals surface area (Å²) < 4.78 is 39.6. The Morgan fingerprint density at radius 3 is 2.47 bits per heavy atom. The van der Waals surface area contributed by atoms with Crippen LogP contribution >= 0.6 is 11.6 Å². The van der Waals surface area contributed by atoms with Crippen molar-refractivity contribution >= 4 is 23.6 Å². The van der Waals surface area contributed by atoms with Crippen molar-refractivity contribution in [2.45, 2.75) is 36.9 Å². The first kappa shape index (κ1) is 22.9. The van der Waals surface area contributed by atoms with Crippen LogP contribution in [-0.4, -0.2) is 42.9 Å². The van der Waals surface area contributed by atoms with Gasteiger partial charge in [-0.2, -0.15) is 13.2 Å². The van der Waals surface area contributed by atoms with Crippen LogP contribution in [-0.2, 0) is 16.4 Å². The Bertz CT molecular complexity index is 1040. The van der Waals surface area contributed by atoms with E-state index in [-0.39, 0.29) is 22.9 Å². The Morgan fingerprint density at radius 2 is 1.81 bits per heavy atom. The van der Waals surface area contributed by atoms with Gasteiger partial charge < -0.3 is 9.80 Å². The van der Waals surface area contributed by atoms with Gasteiger partial charge in [-0.25, -0.2) is 0 Å². The fourth-order valence-corrected chi connectivity index (χ4v) is 5.58. The van der Waals surface area contributed by atoms with Crippen molar-refractivity contribution in [3.8, 4) is 0 Å². The Hall–Kier alpha value is -2.31. The number of carbonyl (C=O) groups excluding carboxylic acids is 1. The molecule has 2 aromatic rings. The lowest BCUT2D eigenvalue weighted by atomic mass is 9.73. The third-order valence-corrected chi connectivity index (χ3v) is 7.16. The topological polar surface area (TPSA) is 23.6 Å². The molecule has 1 aliphatic carbocycles. The minimum atomic E-state index is -4.46. The molecule has 0 aromatic heterocycles. The monoisotopic (exact) mass is 462 g/mol. The molecule has 3 nitrogen and oxygen atoms in total. The quantitative estimate of drug-likeness (QED) is 0.527. The van der Waals surface area contributed by atoms with Crippen molar-refractivity contribution in [1.29, 1.82) is 0 Å². The maximum atomic E-state index is 13.2. The van der Waals surface area contributed by atoms with Gasteiger partial charge >= 0.3 is 6.18 Å². The van der Waals surface area contributed by atoms with E-state index in [1.165, 1.54) is 41.5 Å². The molecule has 2 aliphatic rings. The molecule has 0 saturated carbocycles. The highest BCUT2D eigenvalue weighted by atomic mass is 35.5. The summed E-state index contributed by atoms with van der Waals surface area (Å²) in [4.78, 5) is 16.7. The predicted octanol–water partition coefficient (Wildman–Crippen LogP) is 5.94. The van der Waals surface area contributed by atoms with Crippen LogP contribution in [0.3, 0.4) is 0 Å². The summed E-state index contributed by atoms with van der Waals surface area (Å²) in [7, 11) is 4.13. The number of carbonyl (C=O) groups is 1. The van der Waals surface area contributed by atoms with Crippen molar-refractivity contribution in [1.82, 2.24) is 9.80 Å². The molecular formula is C25H26ClF3N2O. The van der Waals surface area contributed by atoms with Crippen molar-refractivity contribution in [3.05, 3.63) is 75.8 Å². The standard InChI is InChI=1S/C25H26ClF3N2O/c1-30(2)21-16-24(23-18(21)7-5-9-20(23)26)12-14-31(15-13-24)22(32)11-10-17-6-3-4-8-19(17)25(27,28)29/h3-11,21H,12-16H2,1-2H3/b11-10+. The second-order valence-electron chi connectivity index (χ2n) is 8.91. The van der Waals surface area contributed by atoms with E-state index in [2.05, 4.69) is 25.1 Å². The van der Waals surface area contributed by atoms with Crippen molar-refractivity contribution < 1.29 is 18.0 Å². The van der Waals surface area contributed by atoms with Crippen LogP contribution < -0.4 is 0 Å². The van der Waals surface area contributed by atoms with Crippen LogP contribution in [0.4, 0.5) is 13.2 Å². The molecule has 0 N–H and O–H groups in total. The lowest BCUT2D eigenvalue weighted by Gasteiger charge is -2.40. The van der Waals surface area contributed by atoms with E-state index >= 15 is 0 Å². The number of hydrogen-bond acceptors (Lipinski definition) is 2. The van der Waals surface area contributed by atoms with E-state index in [0.717, 1.165) is 30.4 Å². The fourth-order valence-electron chi connectivity index (χ4n) is 5.20. The first-order valence-corrected chi connectivity index (χ1v) is 11.1. The zero-order chi connectivity index (χ0) is 23.1. The van der Waals surface area contributed by atoms with Gasteiger partial charge in [-0.05, 0) is 68.3 Å². The first-order chi connectivity index (χ1) is 15.1. The second-order valence-corrected chi connectivity index (χ2v) is 9.32. The lowest BCUT2D eigenvalue weighted by Crippen LogP contribution is -2.44. The molecule has 170 valence electrons. The van der Waals surface area contributed by atoms with Gasteiger partial charge in [0.25, 0.3) is 0 Å². The highest BCUT2D eigenvalue weighted by Crippen LogP contribution is 2.54. The zero-order valence-corrected chi connectivity index (χ0v) is 18.9. The number of nitrogens with zero attached hydrogens (tertiary/aromatic N) is 2. The maximum absolute atomic E-state index is 13.2. The summed E-state index contributed by atoms with van der Waals surface area (Å²) in [6.45, 7) is 1.10. The molecule has 1 spiro atoms. The van der Waals surface area contributed by atoms with Crippen LogP contribution in [0.1, 0.15) is 47.6 Å². The summed E-state index contributed by atoms with van der Waals surface area (Å²) in [5, 5.41) is 0.773. The predicted molar refractivity (Wildman–Crippen MR) is 120 cm³/mol. The largest absolute Gasteiger partial charge is 0.416 e. The van der Waals surface area contributed by atoms with Gasteiger partial charge in [-0.1, -0.05) is 41.9 Å². The average molecular weight is 463 g/mol.